The van der Waals surface area contributed by atoms with Gasteiger partial charge in [0.15, 0.2) is 4.77 Å². The van der Waals surface area contributed by atoms with Crippen molar-refractivity contribution >= 4 is 40.6 Å². The van der Waals surface area contributed by atoms with Crippen LogP contribution in [-0.2, 0) is 13.0 Å². The lowest BCUT2D eigenvalue weighted by molar-refractivity contribution is 0.0940. The van der Waals surface area contributed by atoms with Crippen LogP contribution in [-0.4, -0.2) is 21.5 Å². The summed E-state index contributed by atoms with van der Waals surface area (Å²) < 4.78 is 1.84. The molecule has 0 spiro atoms. The van der Waals surface area contributed by atoms with Crippen molar-refractivity contribution < 1.29 is 4.79 Å². The highest BCUT2D eigenvalue weighted by Crippen LogP contribution is 2.14. The summed E-state index contributed by atoms with van der Waals surface area (Å²) in [5.74, 6) is -0.203. The van der Waals surface area contributed by atoms with E-state index in [1.165, 1.54) is 4.57 Å². The van der Waals surface area contributed by atoms with Crippen molar-refractivity contribution in [2.75, 3.05) is 0 Å². The Kier molecular flexibility index (Phi) is 5.77. The molecule has 1 heterocycles. The van der Waals surface area contributed by atoms with E-state index >= 15 is 0 Å². The molecule has 1 aromatic heterocycles. The Bertz CT molecular complexity index is 1120. The number of aromatic nitrogens is 2. The molecular weight excluding hydrogens is 382 g/mol. The third-order valence-corrected chi connectivity index (χ3v) is 4.93. The first-order valence-electron chi connectivity index (χ1n) is 8.71. The molecule has 3 rings (SSSR count). The van der Waals surface area contributed by atoms with E-state index in [0.717, 1.165) is 5.56 Å². The quantitative estimate of drug-likeness (QED) is 0.632. The zero-order valence-electron chi connectivity index (χ0n) is 15.1. The van der Waals surface area contributed by atoms with Gasteiger partial charge in [-0.25, -0.2) is 0 Å². The third kappa shape index (κ3) is 4.28. The van der Waals surface area contributed by atoms with Crippen molar-refractivity contribution in [2.24, 2.45) is 0 Å². The molecule has 0 fully saturated rings. The number of aromatic amines is 1. The van der Waals surface area contributed by atoms with Crippen LogP contribution >= 0.6 is 23.8 Å². The average molecular weight is 402 g/mol. The second-order valence-electron chi connectivity index (χ2n) is 6.45. The second-order valence-corrected chi connectivity index (χ2v) is 7.27. The molecule has 0 aliphatic carbocycles. The lowest BCUT2D eigenvalue weighted by Crippen LogP contribution is -2.34. The molecule has 0 aliphatic heterocycles. The van der Waals surface area contributed by atoms with Gasteiger partial charge in [0, 0.05) is 23.2 Å². The Hall–Kier alpha value is -2.44. The van der Waals surface area contributed by atoms with Crippen LogP contribution in [0.4, 0.5) is 0 Å². The van der Waals surface area contributed by atoms with Gasteiger partial charge in [-0.15, -0.1) is 0 Å². The molecule has 27 heavy (non-hydrogen) atoms. The molecule has 0 saturated heterocycles. The lowest BCUT2D eigenvalue weighted by Gasteiger charge is -2.14. The van der Waals surface area contributed by atoms with Crippen LogP contribution in [0.25, 0.3) is 10.9 Å². The summed E-state index contributed by atoms with van der Waals surface area (Å²) in [7, 11) is 0. The van der Waals surface area contributed by atoms with Crippen LogP contribution in [0.1, 0.15) is 29.8 Å². The van der Waals surface area contributed by atoms with E-state index in [1.807, 2.05) is 38.1 Å². The maximum atomic E-state index is 12.6. The topological polar surface area (TPSA) is 66.9 Å². The van der Waals surface area contributed by atoms with Crippen molar-refractivity contribution in [2.45, 2.75) is 32.9 Å². The number of benzene rings is 2. The molecule has 1 atom stereocenters. The van der Waals surface area contributed by atoms with Gasteiger partial charge in [0.1, 0.15) is 0 Å². The first-order chi connectivity index (χ1) is 12.9. The molecular formula is C20H20ClN3O2S. The van der Waals surface area contributed by atoms with Crippen molar-refractivity contribution in [1.29, 1.82) is 0 Å². The zero-order valence-corrected chi connectivity index (χ0v) is 16.7. The fourth-order valence-electron chi connectivity index (χ4n) is 3.06. The Morgan fingerprint density at radius 1 is 1.30 bits per heavy atom. The number of rotatable bonds is 5. The monoisotopic (exact) mass is 401 g/mol. The van der Waals surface area contributed by atoms with E-state index < -0.39 is 0 Å². The van der Waals surface area contributed by atoms with Crippen LogP contribution in [0.3, 0.4) is 0 Å². The molecule has 3 aromatic rings. The zero-order chi connectivity index (χ0) is 19.6. The number of hydrogen-bond donors (Lipinski definition) is 2. The van der Waals surface area contributed by atoms with E-state index in [4.69, 9.17) is 23.8 Å². The largest absolute Gasteiger partial charge is 0.349 e. The molecule has 1 unspecified atom stereocenters. The van der Waals surface area contributed by atoms with Gasteiger partial charge in [0.05, 0.1) is 10.9 Å². The molecule has 2 aromatic carbocycles. The summed E-state index contributed by atoms with van der Waals surface area (Å²) in [5, 5.41) is 4.16. The fraction of sp³-hybridized carbons (Fsp3) is 0.250. The summed E-state index contributed by atoms with van der Waals surface area (Å²) in [5.41, 5.74) is 1.93. The van der Waals surface area contributed by atoms with E-state index in [1.54, 1.807) is 18.2 Å². The fourth-order valence-corrected chi connectivity index (χ4v) is 3.59. The van der Waals surface area contributed by atoms with Gasteiger partial charge in [0.2, 0.25) is 0 Å². The van der Waals surface area contributed by atoms with Crippen molar-refractivity contribution in [3.05, 3.63) is 73.7 Å². The number of nitrogens with one attached hydrogen (secondary N) is 2. The molecule has 140 valence electrons. The number of hydrogen-bond acceptors (Lipinski definition) is 3. The SMILES string of the molecule is CCn1c(=S)[nH]c2cc(C(=O)NC(C)Cc3cccc(Cl)c3)ccc2c1=O. The smallest absolute Gasteiger partial charge is 0.262 e. The van der Waals surface area contributed by atoms with Crippen molar-refractivity contribution in [3.8, 4) is 0 Å². The molecule has 0 saturated carbocycles. The highest BCUT2D eigenvalue weighted by atomic mass is 35.5. The minimum Gasteiger partial charge on any atom is -0.349 e. The molecule has 0 aliphatic rings. The highest BCUT2D eigenvalue weighted by Gasteiger charge is 2.13. The van der Waals surface area contributed by atoms with Crippen LogP contribution in [0.15, 0.2) is 47.3 Å². The normalized spacial score (nSPS) is 12.1. The van der Waals surface area contributed by atoms with E-state index in [2.05, 4.69) is 10.3 Å². The van der Waals surface area contributed by atoms with Gasteiger partial charge in [0.25, 0.3) is 11.5 Å². The number of halogens is 1. The van der Waals surface area contributed by atoms with E-state index in [9.17, 15) is 9.59 Å². The Morgan fingerprint density at radius 3 is 2.78 bits per heavy atom. The Labute approximate surface area is 167 Å². The Balaban J connectivity index is 1.81. The van der Waals surface area contributed by atoms with Gasteiger partial charge in [-0.1, -0.05) is 23.7 Å². The minimum absolute atomic E-state index is 0.0711. The number of H-pyrrole nitrogens is 1. The Morgan fingerprint density at radius 2 is 2.07 bits per heavy atom. The molecule has 1 amide bonds. The predicted octanol–water partition coefficient (Wildman–Crippen LogP) is 4.09. The van der Waals surface area contributed by atoms with Gasteiger partial charge in [-0.2, -0.15) is 0 Å². The summed E-state index contributed by atoms with van der Waals surface area (Å²) in [6.07, 6.45) is 0.670. The summed E-state index contributed by atoms with van der Waals surface area (Å²) in [6.45, 7) is 4.29. The van der Waals surface area contributed by atoms with Crippen LogP contribution in [0.5, 0.6) is 0 Å². The van der Waals surface area contributed by atoms with Crippen molar-refractivity contribution in [3.63, 3.8) is 0 Å². The molecule has 7 heteroatoms. The average Bonchev–Trinajstić information content (AvgIpc) is 2.61. The first kappa shape index (κ1) is 19.3. The molecule has 0 radical (unpaired) electrons. The third-order valence-electron chi connectivity index (χ3n) is 4.37. The second kappa shape index (κ2) is 8.06. The van der Waals surface area contributed by atoms with Gasteiger partial charge >= 0.3 is 0 Å². The molecule has 0 bridgehead atoms. The molecule has 5 nitrogen and oxygen atoms in total. The number of nitrogens with zero attached hydrogens (tertiary/aromatic N) is 1. The van der Waals surface area contributed by atoms with Gasteiger partial charge < -0.3 is 10.3 Å². The van der Waals surface area contributed by atoms with E-state index in [0.29, 0.717) is 39.2 Å². The minimum atomic E-state index is -0.203. The number of amides is 1. The lowest BCUT2D eigenvalue weighted by atomic mass is 10.1. The summed E-state index contributed by atoms with van der Waals surface area (Å²) in [6, 6.07) is 12.5. The van der Waals surface area contributed by atoms with Gasteiger partial charge in [-0.05, 0) is 68.4 Å². The number of carbonyl (C=O) groups excluding carboxylic acids is 1. The number of carbonyl (C=O) groups is 1. The van der Waals surface area contributed by atoms with Crippen LogP contribution in [0.2, 0.25) is 5.02 Å². The molecule has 2 N–H and O–H groups in total. The maximum Gasteiger partial charge on any atom is 0.262 e. The van der Waals surface area contributed by atoms with Gasteiger partial charge in [-0.3, -0.25) is 14.2 Å². The predicted molar refractivity (Wildman–Crippen MR) is 111 cm³/mol. The maximum absolute atomic E-state index is 12.6. The van der Waals surface area contributed by atoms with Crippen LogP contribution in [0, 0.1) is 4.77 Å². The van der Waals surface area contributed by atoms with Crippen molar-refractivity contribution in [1.82, 2.24) is 14.9 Å². The summed E-state index contributed by atoms with van der Waals surface area (Å²) in [4.78, 5) is 28.1. The standard InChI is InChI=1S/C20H20ClN3O2S/c1-3-24-19(26)16-8-7-14(11-17(16)23-20(24)27)18(25)22-12(2)9-13-5-4-6-15(21)10-13/h4-8,10-12H,3,9H2,1-2H3,(H,22,25)(H,23,27). The summed E-state index contributed by atoms with van der Waals surface area (Å²) >= 11 is 11.2. The first-order valence-corrected chi connectivity index (χ1v) is 9.50. The highest BCUT2D eigenvalue weighted by molar-refractivity contribution is 7.71. The number of fused-ring (bicyclic) bond motifs is 1. The van der Waals surface area contributed by atoms with E-state index in [-0.39, 0.29) is 17.5 Å². The van der Waals surface area contributed by atoms with Crippen LogP contribution < -0.4 is 10.9 Å².